The molecular formula is C23H37NO3. The molecule has 0 aliphatic heterocycles. The fourth-order valence-electron chi connectivity index (χ4n) is 3.22. The predicted molar refractivity (Wildman–Crippen MR) is 112 cm³/mol. The molecule has 1 aromatic carbocycles. The molecule has 0 aromatic heterocycles. The Hall–Kier alpha value is -1.84. The maximum atomic E-state index is 11.9. The van der Waals surface area contributed by atoms with Crippen LogP contribution in [-0.4, -0.2) is 17.0 Å². The first-order chi connectivity index (χ1) is 13.1. The molecule has 0 heterocycles. The number of aromatic carboxylic acids is 1. The van der Waals surface area contributed by atoms with Gasteiger partial charge < -0.3 is 10.4 Å². The Balaban J connectivity index is 1.93. The van der Waals surface area contributed by atoms with Gasteiger partial charge in [-0.25, -0.2) is 4.79 Å². The van der Waals surface area contributed by atoms with Crippen LogP contribution in [0.5, 0.6) is 0 Å². The Labute approximate surface area is 164 Å². The van der Waals surface area contributed by atoms with Crippen LogP contribution in [0.4, 0.5) is 5.69 Å². The Kier molecular flexibility index (Phi) is 13.1. The molecule has 2 N–H and O–H groups in total. The number of carboxylic acids is 1. The minimum Gasteiger partial charge on any atom is -0.478 e. The molecule has 0 unspecified atom stereocenters. The van der Waals surface area contributed by atoms with Crippen LogP contribution in [0.15, 0.2) is 24.3 Å². The van der Waals surface area contributed by atoms with Crippen molar-refractivity contribution >= 4 is 17.6 Å². The van der Waals surface area contributed by atoms with Crippen molar-refractivity contribution in [3.63, 3.8) is 0 Å². The highest BCUT2D eigenvalue weighted by Crippen LogP contribution is 2.14. The SMILES string of the molecule is CCCCCCCCCCCCCCCC(=O)Nc1ccc(C(=O)O)cc1. The van der Waals surface area contributed by atoms with Gasteiger partial charge in [0.15, 0.2) is 0 Å². The Morgan fingerprint density at radius 2 is 1.19 bits per heavy atom. The van der Waals surface area contributed by atoms with Gasteiger partial charge in [-0.05, 0) is 30.7 Å². The van der Waals surface area contributed by atoms with E-state index < -0.39 is 5.97 Å². The normalized spacial score (nSPS) is 10.7. The number of carbonyl (C=O) groups is 2. The molecule has 0 saturated heterocycles. The second kappa shape index (κ2) is 15.2. The number of amides is 1. The summed E-state index contributed by atoms with van der Waals surface area (Å²) in [4.78, 5) is 22.7. The molecule has 4 nitrogen and oxygen atoms in total. The molecule has 0 atom stereocenters. The second-order valence-corrected chi connectivity index (χ2v) is 7.42. The van der Waals surface area contributed by atoms with Crippen LogP contribution in [0, 0.1) is 0 Å². The predicted octanol–water partition coefficient (Wildman–Crippen LogP) is 6.80. The van der Waals surface area contributed by atoms with Gasteiger partial charge in [-0.15, -0.1) is 0 Å². The number of anilines is 1. The molecule has 1 amide bonds. The maximum absolute atomic E-state index is 11.9. The molecule has 0 saturated carbocycles. The summed E-state index contributed by atoms with van der Waals surface area (Å²) < 4.78 is 0. The third-order valence-electron chi connectivity index (χ3n) is 4.92. The number of rotatable bonds is 16. The van der Waals surface area contributed by atoms with E-state index in [2.05, 4.69) is 12.2 Å². The fraction of sp³-hybridized carbons (Fsp3) is 0.652. The van der Waals surface area contributed by atoms with Crippen molar-refractivity contribution in [2.24, 2.45) is 0 Å². The minimum absolute atomic E-state index is 0.00106. The fourth-order valence-corrected chi connectivity index (χ4v) is 3.22. The maximum Gasteiger partial charge on any atom is 0.335 e. The molecule has 0 aliphatic carbocycles. The molecular weight excluding hydrogens is 338 g/mol. The van der Waals surface area contributed by atoms with E-state index in [4.69, 9.17) is 5.11 Å². The number of nitrogens with one attached hydrogen (secondary N) is 1. The minimum atomic E-state index is -0.958. The summed E-state index contributed by atoms with van der Waals surface area (Å²) in [6, 6.07) is 6.27. The zero-order valence-electron chi connectivity index (χ0n) is 17.0. The van der Waals surface area contributed by atoms with E-state index in [1.54, 1.807) is 12.1 Å². The zero-order chi connectivity index (χ0) is 19.7. The Morgan fingerprint density at radius 1 is 0.741 bits per heavy atom. The summed E-state index contributed by atoms with van der Waals surface area (Å²) in [6.45, 7) is 2.26. The number of hydrogen-bond acceptors (Lipinski definition) is 2. The standard InChI is InChI=1S/C23H37NO3/c1-2-3-4-5-6-7-8-9-10-11-12-13-14-15-22(25)24-21-18-16-20(17-19-21)23(26)27/h16-19H,2-15H2,1H3,(H,24,25)(H,26,27). The van der Waals surface area contributed by atoms with Crippen LogP contribution < -0.4 is 5.32 Å². The highest BCUT2D eigenvalue weighted by Gasteiger charge is 2.05. The summed E-state index contributed by atoms with van der Waals surface area (Å²) >= 11 is 0. The molecule has 4 heteroatoms. The first-order valence-electron chi connectivity index (χ1n) is 10.8. The monoisotopic (exact) mass is 375 g/mol. The van der Waals surface area contributed by atoms with Gasteiger partial charge in [0.25, 0.3) is 0 Å². The lowest BCUT2D eigenvalue weighted by Crippen LogP contribution is -2.11. The second-order valence-electron chi connectivity index (χ2n) is 7.42. The van der Waals surface area contributed by atoms with Crippen LogP contribution in [0.3, 0.4) is 0 Å². The van der Waals surface area contributed by atoms with Crippen LogP contribution in [0.1, 0.15) is 107 Å². The molecule has 1 aromatic rings. The van der Waals surface area contributed by atoms with Gasteiger partial charge in [0.1, 0.15) is 0 Å². The topological polar surface area (TPSA) is 66.4 Å². The summed E-state index contributed by atoms with van der Waals surface area (Å²) in [7, 11) is 0. The summed E-state index contributed by atoms with van der Waals surface area (Å²) in [6.07, 6.45) is 17.3. The quantitative estimate of drug-likeness (QED) is 0.312. The van der Waals surface area contributed by atoms with E-state index in [9.17, 15) is 9.59 Å². The molecule has 152 valence electrons. The number of benzene rings is 1. The zero-order valence-corrected chi connectivity index (χ0v) is 17.0. The van der Waals surface area contributed by atoms with Crippen molar-refractivity contribution in [1.82, 2.24) is 0 Å². The van der Waals surface area contributed by atoms with E-state index in [1.165, 1.54) is 82.8 Å². The van der Waals surface area contributed by atoms with Gasteiger partial charge in [-0.2, -0.15) is 0 Å². The number of unbranched alkanes of at least 4 members (excludes halogenated alkanes) is 12. The molecule has 0 aliphatic rings. The molecule has 0 radical (unpaired) electrons. The number of hydrogen-bond donors (Lipinski definition) is 2. The number of carbonyl (C=O) groups excluding carboxylic acids is 1. The molecule has 27 heavy (non-hydrogen) atoms. The van der Waals surface area contributed by atoms with Gasteiger partial charge in [0.05, 0.1) is 5.56 Å². The Bertz CT molecular complexity index is 525. The van der Waals surface area contributed by atoms with Crippen LogP contribution in [0.2, 0.25) is 0 Å². The van der Waals surface area contributed by atoms with Crippen LogP contribution in [-0.2, 0) is 4.79 Å². The average Bonchev–Trinajstić information content (AvgIpc) is 2.66. The highest BCUT2D eigenvalue weighted by atomic mass is 16.4. The third-order valence-corrected chi connectivity index (χ3v) is 4.92. The average molecular weight is 376 g/mol. The van der Waals surface area contributed by atoms with Gasteiger partial charge in [-0.1, -0.05) is 84.0 Å². The van der Waals surface area contributed by atoms with Crippen molar-refractivity contribution in [1.29, 1.82) is 0 Å². The highest BCUT2D eigenvalue weighted by molar-refractivity contribution is 5.92. The van der Waals surface area contributed by atoms with Crippen LogP contribution in [0.25, 0.3) is 0 Å². The smallest absolute Gasteiger partial charge is 0.335 e. The van der Waals surface area contributed by atoms with Crippen molar-refractivity contribution in [3.05, 3.63) is 29.8 Å². The van der Waals surface area contributed by atoms with Crippen LogP contribution >= 0.6 is 0 Å². The van der Waals surface area contributed by atoms with Gasteiger partial charge >= 0.3 is 5.97 Å². The molecule has 1 rings (SSSR count). The summed E-state index contributed by atoms with van der Waals surface area (Å²) in [5.74, 6) is -0.957. The van der Waals surface area contributed by atoms with Gasteiger partial charge in [0.2, 0.25) is 5.91 Å². The molecule has 0 fully saturated rings. The van der Waals surface area contributed by atoms with Crippen molar-refractivity contribution in [3.8, 4) is 0 Å². The van der Waals surface area contributed by atoms with Crippen molar-refractivity contribution in [2.75, 3.05) is 5.32 Å². The van der Waals surface area contributed by atoms with E-state index in [1.807, 2.05) is 0 Å². The van der Waals surface area contributed by atoms with E-state index in [0.29, 0.717) is 12.1 Å². The molecule has 0 spiro atoms. The number of carboxylic acid groups (broad SMARTS) is 1. The Morgan fingerprint density at radius 3 is 1.63 bits per heavy atom. The third kappa shape index (κ3) is 12.2. The largest absolute Gasteiger partial charge is 0.478 e. The lowest BCUT2D eigenvalue weighted by atomic mass is 10.0. The lowest BCUT2D eigenvalue weighted by Gasteiger charge is -2.06. The first kappa shape index (κ1) is 23.2. The molecule has 0 bridgehead atoms. The first-order valence-corrected chi connectivity index (χ1v) is 10.8. The van der Waals surface area contributed by atoms with Gasteiger partial charge in [0, 0.05) is 12.1 Å². The lowest BCUT2D eigenvalue weighted by molar-refractivity contribution is -0.116. The van der Waals surface area contributed by atoms with E-state index in [-0.39, 0.29) is 11.5 Å². The van der Waals surface area contributed by atoms with Gasteiger partial charge in [-0.3, -0.25) is 4.79 Å². The summed E-state index contributed by atoms with van der Waals surface area (Å²) in [5.41, 5.74) is 0.879. The van der Waals surface area contributed by atoms with Crippen molar-refractivity contribution in [2.45, 2.75) is 96.8 Å². The summed E-state index contributed by atoms with van der Waals surface area (Å²) in [5, 5.41) is 11.7. The van der Waals surface area contributed by atoms with E-state index >= 15 is 0 Å². The van der Waals surface area contributed by atoms with E-state index in [0.717, 1.165) is 12.8 Å². The van der Waals surface area contributed by atoms with Crippen molar-refractivity contribution < 1.29 is 14.7 Å².